The van der Waals surface area contributed by atoms with Crippen molar-refractivity contribution in [3.63, 3.8) is 0 Å². The normalized spacial score (nSPS) is 29.3. The summed E-state index contributed by atoms with van der Waals surface area (Å²) in [5.41, 5.74) is 1.00. The number of hydrogen-bond acceptors (Lipinski definition) is 4. The molecule has 0 N–H and O–H groups in total. The number of carbonyl (C=O) groups is 2. The van der Waals surface area contributed by atoms with Gasteiger partial charge in [0.1, 0.15) is 5.75 Å². The maximum absolute atomic E-state index is 12.4. The van der Waals surface area contributed by atoms with Gasteiger partial charge in [0.15, 0.2) is 11.9 Å². The van der Waals surface area contributed by atoms with Crippen LogP contribution >= 0.6 is 0 Å². The molecule has 1 aromatic rings. The Morgan fingerprint density at radius 1 is 1.33 bits per heavy atom. The molecule has 1 aromatic carbocycles. The standard InChI is InChI=1S/C17H20O4/c1-16(2)8-12(18)14-17(3,9-16)11-7-10(15(19)20-4)5-6-13(11)21-14/h5-7,14H,8-9H2,1-4H3/t14-,17-/m0/s1. The molecule has 112 valence electrons. The maximum atomic E-state index is 12.4. The van der Waals surface area contributed by atoms with E-state index >= 15 is 0 Å². The fraction of sp³-hybridized carbons (Fsp3) is 0.529. The molecule has 2 aliphatic rings. The Morgan fingerprint density at radius 2 is 2.05 bits per heavy atom. The number of esters is 1. The van der Waals surface area contributed by atoms with Gasteiger partial charge in [-0.25, -0.2) is 4.79 Å². The van der Waals surface area contributed by atoms with Crippen molar-refractivity contribution >= 4 is 11.8 Å². The average molecular weight is 288 g/mol. The molecule has 3 rings (SSSR count). The number of Topliss-reactive ketones (excluding diaryl/α,β-unsaturated/α-hetero) is 1. The first-order chi connectivity index (χ1) is 9.77. The third-order valence-corrected chi connectivity index (χ3v) is 4.63. The highest BCUT2D eigenvalue weighted by Crippen LogP contribution is 2.53. The van der Waals surface area contributed by atoms with Gasteiger partial charge in [0.2, 0.25) is 0 Å². The minimum Gasteiger partial charge on any atom is -0.481 e. The van der Waals surface area contributed by atoms with Crippen LogP contribution in [-0.4, -0.2) is 25.0 Å². The highest BCUT2D eigenvalue weighted by molar-refractivity contribution is 5.91. The number of ether oxygens (including phenoxy) is 2. The van der Waals surface area contributed by atoms with Gasteiger partial charge in [-0.1, -0.05) is 20.8 Å². The van der Waals surface area contributed by atoms with Crippen LogP contribution in [0.1, 0.15) is 49.5 Å². The smallest absolute Gasteiger partial charge is 0.337 e. The lowest BCUT2D eigenvalue weighted by molar-refractivity contribution is -0.134. The molecule has 1 saturated carbocycles. The molecule has 0 spiro atoms. The summed E-state index contributed by atoms with van der Waals surface area (Å²) in [7, 11) is 1.36. The second-order valence-electron chi connectivity index (χ2n) is 7.10. The van der Waals surface area contributed by atoms with E-state index in [0.29, 0.717) is 17.7 Å². The van der Waals surface area contributed by atoms with Crippen LogP contribution in [0.25, 0.3) is 0 Å². The minimum absolute atomic E-state index is 0.0609. The summed E-state index contributed by atoms with van der Waals surface area (Å²) in [5, 5.41) is 0. The molecule has 0 aromatic heterocycles. The lowest BCUT2D eigenvalue weighted by Crippen LogP contribution is -2.50. The number of benzene rings is 1. The molecule has 1 fully saturated rings. The highest BCUT2D eigenvalue weighted by atomic mass is 16.5. The predicted molar refractivity (Wildman–Crippen MR) is 77.6 cm³/mol. The zero-order chi connectivity index (χ0) is 15.4. The molecule has 1 aliphatic heterocycles. The molecule has 1 heterocycles. The Kier molecular flexibility index (Phi) is 2.91. The van der Waals surface area contributed by atoms with E-state index in [1.807, 2.05) is 6.07 Å². The van der Waals surface area contributed by atoms with E-state index in [4.69, 9.17) is 9.47 Å². The number of rotatable bonds is 1. The molecule has 0 unspecified atom stereocenters. The third kappa shape index (κ3) is 2.04. The van der Waals surface area contributed by atoms with E-state index in [0.717, 1.165) is 12.0 Å². The number of carbonyl (C=O) groups excluding carboxylic acids is 2. The Morgan fingerprint density at radius 3 is 2.71 bits per heavy atom. The Labute approximate surface area is 124 Å². The van der Waals surface area contributed by atoms with Gasteiger partial charge in [0, 0.05) is 17.4 Å². The highest BCUT2D eigenvalue weighted by Gasteiger charge is 2.55. The van der Waals surface area contributed by atoms with E-state index in [-0.39, 0.29) is 22.6 Å². The maximum Gasteiger partial charge on any atom is 0.337 e. The summed E-state index contributed by atoms with van der Waals surface area (Å²) < 4.78 is 10.7. The summed E-state index contributed by atoms with van der Waals surface area (Å²) in [6.45, 7) is 6.27. The summed E-state index contributed by atoms with van der Waals surface area (Å²) in [5.74, 6) is 0.483. The van der Waals surface area contributed by atoms with Crippen LogP contribution in [0.2, 0.25) is 0 Å². The molecule has 0 saturated heterocycles. The number of methoxy groups -OCH3 is 1. The second kappa shape index (κ2) is 4.33. The van der Waals surface area contributed by atoms with Crippen molar-refractivity contribution < 1.29 is 19.1 Å². The predicted octanol–water partition coefficient (Wildman–Crippen LogP) is 2.88. The van der Waals surface area contributed by atoms with Crippen LogP contribution in [0.3, 0.4) is 0 Å². The Bertz CT molecular complexity index is 632. The van der Waals surface area contributed by atoms with Gasteiger partial charge in [-0.3, -0.25) is 4.79 Å². The molecule has 21 heavy (non-hydrogen) atoms. The zero-order valence-corrected chi connectivity index (χ0v) is 12.9. The van der Waals surface area contributed by atoms with Crippen LogP contribution in [0.15, 0.2) is 18.2 Å². The van der Waals surface area contributed by atoms with Gasteiger partial charge < -0.3 is 9.47 Å². The zero-order valence-electron chi connectivity index (χ0n) is 12.9. The van der Waals surface area contributed by atoms with Gasteiger partial charge in [-0.15, -0.1) is 0 Å². The number of ketones is 1. The number of fused-ring (bicyclic) bond motifs is 3. The van der Waals surface area contributed by atoms with E-state index in [2.05, 4.69) is 20.8 Å². The molecule has 0 amide bonds. The van der Waals surface area contributed by atoms with Crippen molar-refractivity contribution in [3.05, 3.63) is 29.3 Å². The molecule has 4 nitrogen and oxygen atoms in total. The van der Waals surface area contributed by atoms with Crippen molar-refractivity contribution in [2.45, 2.75) is 45.1 Å². The van der Waals surface area contributed by atoms with Crippen molar-refractivity contribution in [1.82, 2.24) is 0 Å². The van der Waals surface area contributed by atoms with Gasteiger partial charge in [-0.05, 0) is 30.0 Å². The van der Waals surface area contributed by atoms with Crippen molar-refractivity contribution in [2.24, 2.45) is 5.41 Å². The van der Waals surface area contributed by atoms with Crippen molar-refractivity contribution in [1.29, 1.82) is 0 Å². The number of hydrogen-bond donors (Lipinski definition) is 0. The summed E-state index contributed by atoms with van der Waals surface area (Å²) in [6.07, 6.45) is 0.951. The lowest BCUT2D eigenvalue weighted by atomic mass is 9.60. The first-order valence-corrected chi connectivity index (χ1v) is 7.19. The monoisotopic (exact) mass is 288 g/mol. The van der Waals surface area contributed by atoms with Crippen LogP contribution in [0, 0.1) is 5.41 Å². The third-order valence-electron chi connectivity index (χ3n) is 4.63. The molecule has 0 radical (unpaired) electrons. The van der Waals surface area contributed by atoms with Crippen LogP contribution in [0.4, 0.5) is 0 Å². The molecule has 0 bridgehead atoms. The fourth-order valence-electron chi connectivity index (χ4n) is 3.95. The van der Waals surface area contributed by atoms with Crippen molar-refractivity contribution in [2.75, 3.05) is 7.11 Å². The van der Waals surface area contributed by atoms with Gasteiger partial charge in [-0.2, -0.15) is 0 Å². The summed E-state index contributed by atoms with van der Waals surface area (Å²) >= 11 is 0. The fourth-order valence-corrected chi connectivity index (χ4v) is 3.95. The Balaban J connectivity index is 2.10. The first-order valence-electron chi connectivity index (χ1n) is 7.19. The van der Waals surface area contributed by atoms with E-state index in [1.165, 1.54) is 7.11 Å². The summed E-state index contributed by atoms with van der Waals surface area (Å²) in [6, 6.07) is 5.27. The van der Waals surface area contributed by atoms with Crippen LogP contribution in [0.5, 0.6) is 5.75 Å². The van der Waals surface area contributed by atoms with Gasteiger partial charge in [0.05, 0.1) is 12.7 Å². The molecule has 4 heteroatoms. The van der Waals surface area contributed by atoms with Gasteiger partial charge in [0.25, 0.3) is 0 Å². The topological polar surface area (TPSA) is 52.6 Å². The molecular formula is C17H20O4. The summed E-state index contributed by atoms with van der Waals surface area (Å²) in [4.78, 5) is 24.2. The van der Waals surface area contributed by atoms with Crippen molar-refractivity contribution in [3.8, 4) is 5.75 Å². The largest absolute Gasteiger partial charge is 0.481 e. The van der Waals surface area contributed by atoms with Crippen LogP contribution < -0.4 is 4.74 Å². The molecule has 1 aliphatic carbocycles. The van der Waals surface area contributed by atoms with E-state index in [9.17, 15) is 9.59 Å². The molecule has 2 atom stereocenters. The lowest BCUT2D eigenvalue weighted by Gasteiger charge is -2.42. The van der Waals surface area contributed by atoms with E-state index in [1.54, 1.807) is 12.1 Å². The molecular weight excluding hydrogens is 268 g/mol. The quantitative estimate of drug-likeness (QED) is 0.746. The van der Waals surface area contributed by atoms with E-state index < -0.39 is 6.10 Å². The SMILES string of the molecule is COC(=O)c1ccc2c(c1)[C@]1(C)CC(C)(C)CC(=O)[C@@H]1O2. The second-order valence-corrected chi connectivity index (χ2v) is 7.10. The Hall–Kier alpha value is -1.84. The van der Waals surface area contributed by atoms with Gasteiger partial charge >= 0.3 is 5.97 Å². The average Bonchev–Trinajstić information content (AvgIpc) is 2.69. The minimum atomic E-state index is -0.437. The first kappa shape index (κ1) is 14.1. The van der Waals surface area contributed by atoms with Crippen LogP contribution in [-0.2, 0) is 14.9 Å².